The molecule has 6 aromatic rings. The number of nitrogens with one attached hydrogen (secondary N) is 1. The summed E-state index contributed by atoms with van der Waals surface area (Å²) in [5.74, 6) is 0. The van der Waals surface area contributed by atoms with Crippen molar-refractivity contribution in [2.75, 3.05) is 7.05 Å². The highest BCUT2D eigenvalue weighted by molar-refractivity contribution is 5.88. The molecule has 2 heterocycles. The molecule has 1 aromatic heterocycles. The quantitative estimate of drug-likeness (QED) is 0.177. The average Bonchev–Trinajstić information content (AvgIpc) is 3.96. The third-order valence-corrected chi connectivity index (χ3v) is 14.3. The van der Waals surface area contributed by atoms with E-state index in [4.69, 9.17) is 0 Å². The van der Waals surface area contributed by atoms with Gasteiger partial charge in [0.2, 0.25) is 0 Å². The molecule has 0 radical (unpaired) electrons. The third-order valence-electron chi connectivity index (χ3n) is 14.3. The summed E-state index contributed by atoms with van der Waals surface area (Å²) in [6.07, 6.45) is 1.91. The highest BCUT2D eigenvalue weighted by Gasteiger charge is 2.59. The maximum atomic E-state index is 4.66. The first-order valence-electron chi connectivity index (χ1n) is 22.2. The van der Waals surface area contributed by atoms with Crippen LogP contribution in [-0.2, 0) is 32.6 Å². The summed E-state index contributed by atoms with van der Waals surface area (Å²) in [6, 6.07) is 44.6. The van der Waals surface area contributed by atoms with Gasteiger partial charge in [0, 0.05) is 36.7 Å². The number of hydrogen-bond acceptors (Lipinski definition) is 1. The third kappa shape index (κ3) is 5.89. The number of aromatic amines is 1. The number of benzene rings is 5. The lowest BCUT2D eigenvalue weighted by atomic mass is 9.68. The molecule has 0 saturated heterocycles. The zero-order valence-corrected chi connectivity index (χ0v) is 39.2. The van der Waals surface area contributed by atoms with Crippen molar-refractivity contribution >= 4 is 6.01 Å². The highest BCUT2D eigenvalue weighted by Crippen LogP contribution is 2.60. The lowest BCUT2D eigenvalue weighted by Crippen LogP contribution is -2.39. The van der Waals surface area contributed by atoms with Gasteiger partial charge in [-0.1, -0.05) is 183 Å². The van der Waals surface area contributed by atoms with Crippen molar-refractivity contribution in [1.29, 1.82) is 0 Å². The second-order valence-corrected chi connectivity index (χ2v) is 22.2. The first-order valence-corrected chi connectivity index (χ1v) is 22.2. The molecule has 2 aliphatic carbocycles. The molecular weight excluding hydrogens is 741 g/mol. The molecule has 3 aliphatic rings. The first-order chi connectivity index (χ1) is 28.5. The molecule has 0 saturated carbocycles. The molecule has 61 heavy (non-hydrogen) atoms. The van der Waals surface area contributed by atoms with Crippen LogP contribution >= 0.6 is 0 Å². The number of hydrogen-bond donors (Lipinski definition) is 1. The fourth-order valence-corrected chi connectivity index (χ4v) is 10.4. The smallest absolute Gasteiger partial charge is 0.281 e. The number of rotatable bonds is 4. The van der Waals surface area contributed by atoms with Crippen LogP contribution in [0.4, 0.5) is 0 Å². The van der Waals surface area contributed by atoms with Gasteiger partial charge in [-0.15, -0.1) is 0 Å². The largest absolute Gasteiger partial charge is 0.490 e. The molecule has 4 nitrogen and oxygen atoms in total. The van der Waals surface area contributed by atoms with E-state index in [0.29, 0.717) is 0 Å². The van der Waals surface area contributed by atoms with E-state index in [0.717, 1.165) is 5.69 Å². The minimum absolute atomic E-state index is 0.00920. The predicted octanol–water partition coefficient (Wildman–Crippen LogP) is 13.3. The minimum Gasteiger partial charge on any atom is -0.281 e. The van der Waals surface area contributed by atoms with Crippen LogP contribution in [0.5, 0.6) is 0 Å². The van der Waals surface area contributed by atoms with E-state index >= 15 is 0 Å². The van der Waals surface area contributed by atoms with Gasteiger partial charge in [0.05, 0.1) is 11.1 Å². The maximum absolute atomic E-state index is 4.66. The van der Waals surface area contributed by atoms with Gasteiger partial charge in [-0.3, -0.25) is 5.10 Å². The zero-order valence-electron chi connectivity index (χ0n) is 39.2. The van der Waals surface area contributed by atoms with Gasteiger partial charge < -0.3 is 0 Å². The lowest BCUT2D eigenvalue weighted by molar-refractivity contribution is -0.548. The van der Waals surface area contributed by atoms with Gasteiger partial charge in [-0.05, 0) is 95.0 Å². The highest BCUT2D eigenvalue weighted by atomic mass is 15.2. The number of nitrogens with zero attached hydrogens (tertiary/aromatic N) is 3. The fourth-order valence-electron chi connectivity index (χ4n) is 10.4. The Hall–Kier alpha value is -5.57. The van der Waals surface area contributed by atoms with Gasteiger partial charge in [0.1, 0.15) is 0 Å². The average molecular weight is 805 g/mol. The van der Waals surface area contributed by atoms with E-state index in [1.54, 1.807) is 0 Å². The minimum atomic E-state index is -0.713. The molecule has 1 N–H and O–H groups in total. The monoisotopic (exact) mass is 805 g/mol. The van der Waals surface area contributed by atoms with Crippen molar-refractivity contribution in [2.45, 2.75) is 130 Å². The van der Waals surface area contributed by atoms with Crippen LogP contribution < -0.4 is 0 Å². The van der Waals surface area contributed by atoms with E-state index < -0.39 is 11.0 Å². The number of H-pyrrole nitrogens is 1. The predicted molar refractivity (Wildman–Crippen MR) is 252 cm³/mol. The summed E-state index contributed by atoms with van der Waals surface area (Å²) >= 11 is 0. The Morgan fingerprint density at radius 1 is 0.492 bits per heavy atom. The van der Waals surface area contributed by atoms with Crippen LogP contribution in [0.1, 0.15) is 158 Å². The Bertz CT molecular complexity index is 2770. The van der Waals surface area contributed by atoms with Gasteiger partial charge in [-0.25, -0.2) is 0 Å². The molecule has 1 aliphatic heterocycles. The number of aromatic nitrogens is 2. The van der Waals surface area contributed by atoms with E-state index in [-0.39, 0.29) is 21.7 Å². The van der Waals surface area contributed by atoms with Crippen molar-refractivity contribution in [3.8, 4) is 22.3 Å². The molecule has 0 fully saturated rings. The van der Waals surface area contributed by atoms with Crippen LogP contribution in [0.3, 0.4) is 0 Å². The second kappa shape index (κ2) is 13.2. The topological polar surface area (TPSA) is 34.7 Å². The summed E-state index contributed by atoms with van der Waals surface area (Å²) in [4.78, 5) is 0. The van der Waals surface area contributed by atoms with Gasteiger partial charge >= 0.3 is 6.01 Å². The first kappa shape index (κ1) is 40.8. The van der Waals surface area contributed by atoms with Crippen molar-refractivity contribution in [2.24, 2.45) is 0 Å². The van der Waals surface area contributed by atoms with Crippen LogP contribution in [-0.4, -0.2) is 32.4 Å². The normalized spacial score (nSPS) is 16.6. The van der Waals surface area contributed by atoms with Gasteiger partial charge in [-0.2, -0.15) is 5.10 Å². The number of fused-ring (bicyclic) bond motifs is 6. The molecule has 9 rings (SSSR count). The Balaban J connectivity index is 1.42. The fraction of sp³-hybridized carbons (Fsp3) is 0.368. The van der Waals surface area contributed by atoms with Crippen molar-refractivity contribution in [1.82, 2.24) is 10.2 Å². The van der Waals surface area contributed by atoms with Crippen molar-refractivity contribution in [3.63, 3.8) is 0 Å². The maximum Gasteiger partial charge on any atom is 0.490 e. The van der Waals surface area contributed by atoms with Crippen LogP contribution in [0.2, 0.25) is 0 Å². The van der Waals surface area contributed by atoms with Crippen LogP contribution in [0, 0.1) is 0 Å². The van der Waals surface area contributed by atoms with E-state index in [1.165, 1.54) is 89.3 Å². The Morgan fingerprint density at radius 2 is 0.902 bits per heavy atom. The molecule has 4 heteroatoms. The SMILES string of the molecule is CC1=C(C)[N+](C2(c3cccc(C4(c5ccn[nH]5)c5ccc(C(C)(C)C)cc5-c5cc(C(C)(C)C)ccc54)c3)c3ccc(C(C)(C)C)cc3-c3cc(C(C)(C)C)ccc32)=C=[N+]1C. The Morgan fingerprint density at radius 3 is 1.28 bits per heavy atom. The summed E-state index contributed by atoms with van der Waals surface area (Å²) in [5.41, 5.74) is 20.1. The molecule has 0 amide bonds. The zero-order chi connectivity index (χ0) is 43.8. The number of allylic oxidation sites excluding steroid dienone is 2. The van der Waals surface area contributed by atoms with Crippen molar-refractivity contribution < 1.29 is 9.15 Å². The molecule has 0 unspecified atom stereocenters. The van der Waals surface area contributed by atoms with Crippen LogP contribution in [0.15, 0.2) is 121 Å². The molecule has 310 valence electrons. The standard InChI is InChI=1S/C57H64N4/c1-35-36(2)61(34-60(35)15)57(49-25-21-39(54(9,10)11)32-45(49)46-33-40(55(12,13)14)22-26-50(46)57)42-18-16-17-41(29-42)56(51-27-28-58-59-51)47-23-19-37(52(3,4)5)30-43(47)44-31-38(53(6,7)8)20-24-48(44)56/h16-33H,1-15H3,(H,58,59)/q+2. The lowest BCUT2D eigenvalue weighted by Gasteiger charge is -2.34. The van der Waals surface area contributed by atoms with Crippen molar-refractivity contribution in [3.05, 3.63) is 182 Å². The summed E-state index contributed by atoms with van der Waals surface area (Å²) < 4.78 is 4.62. The summed E-state index contributed by atoms with van der Waals surface area (Å²) in [5, 5.41) is 8.21. The van der Waals surface area contributed by atoms with E-state index in [9.17, 15) is 0 Å². The summed E-state index contributed by atoms with van der Waals surface area (Å²) in [7, 11) is 2.13. The Kier molecular flexibility index (Phi) is 8.84. The Labute approximate surface area is 364 Å². The molecule has 0 atom stereocenters. The van der Waals surface area contributed by atoms with Crippen LogP contribution in [0.25, 0.3) is 22.3 Å². The van der Waals surface area contributed by atoms with Gasteiger partial charge in [0.25, 0.3) is 16.9 Å². The second-order valence-electron chi connectivity index (χ2n) is 22.2. The van der Waals surface area contributed by atoms with E-state index in [1.807, 2.05) is 6.20 Å². The molecule has 5 aromatic carbocycles. The molecular formula is C57H64N4+2. The van der Waals surface area contributed by atoms with E-state index in [2.05, 4.69) is 232 Å². The molecule has 0 bridgehead atoms. The molecule has 0 spiro atoms. The van der Waals surface area contributed by atoms with Gasteiger partial charge in [0.15, 0.2) is 7.05 Å². The summed E-state index contributed by atoms with van der Waals surface area (Å²) in [6.45, 7) is 32.3.